The summed E-state index contributed by atoms with van der Waals surface area (Å²) in [6.45, 7) is 5.26. The van der Waals surface area contributed by atoms with Crippen molar-refractivity contribution >= 4 is 11.0 Å². The lowest BCUT2D eigenvalue weighted by Gasteiger charge is -2.06. The topological polar surface area (TPSA) is 57.8 Å². The van der Waals surface area contributed by atoms with Crippen LogP contribution in [-0.2, 0) is 17.8 Å². The van der Waals surface area contributed by atoms with Crippen LogP contribution in [0.5, 0.6) is 0 Å². The number of benzene rings is 1. The number of hydrogen-bond acceptors (Lipinski definition) is 4. The van der Waals surface area contributed by atoms with E-state index in [-0.39, 0.29) is 5.82 Å². The predicted molar refractivity (Wildman–Crippen MR) is 87.9 cm³/mol. The van der Waals surface area contributed by atoms with Crippen molar-refractivity contribution in [3.63, 3.8) is 0 Å². The van der Waals surface area contributed by atoms with Gasteiger partial charge in [-0.3, -0.25) is 4.68 Å². The molecule has 24 heavy (non-hydrogen) atoms. The van der Waals surface area contributed by atoms with Crippen LogP contribution >= 0.6 is 0 Å². The maximum absolute atomic E-state index is 13.6. The molecule has 4 rings (SSSR count). The first kappa shape index (κ1) is 15.3. The lowest BCUT2D eigenvalue weighted by Crippen LogP contribution is -2.11. The number of aromatic nitrogens is 5. The number of imidazole rings is 1. The summed E-state index contributed by atoms with van der Waals surface area (Å²) in [4.78, 5) is 4.64. The van der Waals surface area contributed by atoms with Gasteiger partial charge in [-0.25, -0.2) is 9.37 Å². The molecule has 1 saturated heterocycles. The number of rotatable bonds is 5. The Morgan fingerprint density at radius 1 is 1.38 bits per heavy atom. The molecule has 0 N–H and O–H groups in total. The minimum atomic E-state index is -0.254. The van der Waals surface area contributed by atoms with Crippen LogP contribution in [0.15, 0.2) is 24.4 Å². The van der Waals surface area contributed by atoms with E-state index in [0.29, 0.717) is 5.92 Å². The second-order valence-corrected chi connectivity index (χ2v) is 6.28. The number of ether oxygens (including phenoxy) is 1. The van der Waals surface area contributed by atoms with Crippen molar-refractivity contribution in [3.8, 4) is 11.5 Å². The Hall–Kier alpha value is -2.28. The van der Waals surface area contributed by atoms with E-state index in [1.165, 1.54) is 12.1 Å². The molecule has 0 aliphatic carbocycles. The third-order valence-electron chi connectivity index (χ3n) is 4.39. The van der Waals surface area contributed by atoms with E-state index in [2.05, 4.69) is 22.2 Å². The van der Waals surface area contributed by atoms with Crippen LogP contribution in [-0.4, -0.2) is 37.8 Å². The van der Waals surface area contributed by atoms with Crippen molar-refractivity contribution in [2.45, 2.75) is 32.9 Å². The van der Waals surface area contributed by atoms with Gasteiger partial charge in [0.1, 0.15) is 11.5 Å². The molecule has 1 unspecified atom stereocenters. The van der Waals surface area contributed by atoms with Gasteiger partial charge >= 0.3 is 0 Å². The number of hydrogen-bond donors (Lipinski definition) is 0. The van der Waals surface area contributed by atoms with Gasteiger partial charge in [-0.1, -0.05) is 12.1 Å². The van der Waals surface area contributed by atoms with Crippen LogP contribution < -0.4 is 0 Å². The molecule has 3 heterocycles. The van der Waals surface area contributed by atoms with Gasteiger partial charge < -0.3 is 9.30 Å². The van der Waals surface area contributed by atoms with Crippen molar-refractivity contribution in [2.75, 3.05) is 13.2 Å². The molecular weight excluding hydrogens is 309 g/mol. The Morgan fingerprint density at radius 2 is 2.29 bits per heavy atom. The molecule has 6 nitrogen and oxygen atoms in total. The summed E-state index contributed by atoms with van der Waals surface area (Å²) < 4.78 is 22.9. The first-order chi connectivity index (χ1) is 11.7. The third kappa shape index (κ3) is 2.80. The standard InChI is InChI=1S/C17H20FN5O/c1-2-6-23-16-8-13(18)3-4-14(16)19-17(23)15-10-22(21-20-15)9-12-5-7-24-11-12/h3-4,8,10,12H,2,5-7,9,11H2,1H3. The van der Waals surface area contributed by atoms with E-state index in [4.69, 9.17) is 4.74 Å². The molecule has 7 heteroatoms. The molecule has 1 aliphatic rings. The summed E-state index contributed by atoms with van der Waals surface area (Å²) in [5.41, 5.74) is 2.29. The highest BCUT2D eigenvalue weighted by molar-refractivity contribution is 5.80. The SMILES string of the molecule is CCCn1c(-c2cn(CC3CCOC3)nn2)nc2ccc(F)cc21. The maximum Gasteiger partial charge on any atom is 0.163 e. The Balaban J connectivity index is 1.70. The van der Waals surface area contributed by atoms with Crippen molar-refractivity contribution in [2.24, 2.45) is 5.92 Å². The highest BCUT2D eigenvalue weighted by Crippen LogP contribution is 2.25. The summed E-state index contributed by atoms with van der Waals surface area (Å²) in [5, 5.41) is 8.51. The van der Waals surface area contributed by atoms with Gasteiger partial charge in [0.15, 0.2) is 5.82 Å². The smallest absolute Gasteiger partial charge is 0.163 e. The zero-order valence-corrected chi connectivity index (χ0v) is 13.7. The minimum absolute atomic E-state index is 0.254. The summed E-state index contributed by atoms with van der Waals surface area (Å²) >= 11 is 0. The van der Waals surface area contributed by atoms with E-state index in [1.54, 1.807) is 6.07 Å². The maximum atomic E-state index is 13.6. The number of fused-ring (bicyclic) bond motifs is 1. The molecule has 1 fully saturated rings. The predicted octanol–water partition coefficient (Wildman–Crippen LogP) is 2.88. The van der Waals surface area contributed by atoms with Gasteiger partial charge in [-0.2, -0.15) is 0 Å². The molecule has 2 aromatic heterocycles. The molecule has 0 amide bonds. The number of nitrogens with zero attached hydrogens (tertiary/aromatic N) is 5. The molecule has 0 saturated carbocycles. The van der Waals surface area contributed by atoms with Crippen molar-refractivity contribution in [1.82, 2.24) is 24.5 Å². The van der Waals surface area contributed by atoms with Crippen LogP contribution in [0.2, 0.25) is 0 Å². The Kier molecular flexibility index (Phi) is 4.02. The van der Waals surface area contributed by atoms with Crippen LogP contribution in [0, 0.1) is 11.7 Å². The Morgan fingerprint density at radius 3 is 3.08 bits per heavy atom. The summed E-state index contributed by atoms with van der Waals surface area (Å²) in [6.07, 6.45) is 3.91. The van der Waals surface area contributed by atoms with E-state index in [0.717, 1.165) is 61.7 Å². The monoisotopic (exact) mass is 329 g/mol. The van der Waals surface area contributed by atoms with Gasteiger partial charge in [0.25, 0.3) is 0 Å². The first-order valence-corrected chi connectivity index (χ1v) is 8.38. The molecular formula is C17H20FN5O. The normalized spacial score (nSPS) is 17.8. The lowest BCUT2D eigenvalue weighted by molar-refractivity contribution is 0.181. The van der Waals surface area contributed by atoms with Gasteiger partial charge in [-0.15, -0.1) is 5.10 Å². The Bertz CT molecular complexity index is 850. The van der Waals surface area contributed by atoms with Gasteiger partial charge in [-0.05, 0) is 31.0 Å². The third-order valence-corrected chi connectivity index (χ3v) is 4.39. The second kappa shape index (κ2) is 6.32. The lowest BCUT2D eigenvalue weighted by atomic mass is 10.1. The summed E-state index contributed by atoms with van der Waals surface area (Å²) in [6, 6.07) is 4.68. The molecule has 0 radical (unpaired) electrons. The Labute approximate surface area is 139 Å². The summed E-state index contributed by atoms with van der Waals surface area (Å²) in [7, 11) is 0. The fourth-order valence-electron chi connectivity index (χ4n) is 3.22. The van der Waals surface area contributed by atoms with Crippen molar-refractivity contribution in [1.29, 1.82) is 0 Å². The van der Waals surface area contributed by atoms with Gasteiger partial charge in [0.2, 0.25) is 0 Å². The second-order valence-electron chi connectivity index (χ2n) is 6.28. The van der Waals surface area contributed by atoms with E-state index in [1.807, 2.05) is 15.4 Å². The average molecular weight is 329 g/mol. The molecule has 0 bridgehead atoms. The zero-order chi connectivity index (χ0) is 16.5. The average Bonchev–Trinajstić information content (AvgIpc) is 3.29. The molecule has 0 spiro atoms. The molecule has 1 atom stereocenters. The number of halogens is 1. The molecule has 3 aromatic rings. The van der Waals surface area contributed by atoms with Crippen molar-refractivity contribution < 1.29 is 9.13 Å². The molecule has 1 aromatic carbocycles. The summed E-state index contributed by atoms with van der Waals surface area (Å²) in [5.74, 6) is 0.977. The van der Waals surface area contributed by atoms with E-state index >= 15 is 0 Å². The van der Waals surface area contributed by atoms with Gasteiger partial charge in [0.05, 0.1) is 23.8 Å². The number of aryl methyl sites for hydroxylation is 1. The molecule has 126 valence electrons. The largest absolute Gasteiger partial charge is 0.381 e. The fraction of sp³-hybridized carbons (Fsp3) is 0.471. The zero-order valence-electron chi connectivity index (χ0n) is 13.7. The van der Waals surface area contributed by atoms with Crippen LogP contribution in [0.4, 0.5) is 4.39 Å². The quantitative estimate of drug-likeness (QED) is 0.722. The van der Waals surface area contributed by atoms with Crippen LogP contribution in [0.1, 0.15) is 19.8 Å². The molecule has 1 aliphatic heterocycles. The highest BCUT2D eigenvalue weighted by atomic mass is 19.1. The van der Waals surface area contributed by atoms with E-state index < -0.39 is 0 Å². The fourth-order valence-corrected chi connectivity index (χ4v) is 3.22. The van der Waals surface area contributed by atoms with Crippen LogP contribution in [0.3, 0.4) is 0 Å². The minimum Gasteiger partial charge on any atom is -0.381 e. The van der Waals surface area contributed by atoms with Gasteiger partial charge in [0, 0.05) is 25.6 Å². The van der Waals surface area contributed by atoms with E-state index in [9.17, 15) is 4.39 Å². The van der Waals surface area contributed by atoms with Crippen LogP contribution in [0.25, 0.3) is 22.6 Å². The highest BCUT2D eigenvalue weighted by Gasteiger charge is 2.19. The van der Waals surface area contributed by atoms with Crippen molar-refractivity contribution in [3.05, 3.63) is 30.2 Å². The first-order valence-electron chi connectivity index (χ1n) is 8.38.